The zero-order valence-electron chi connectivity index (χ0n) is 24.0. The van der Waals surface area contributed by atoms with E-state index in [9.17, 15) is 9.59 Å². The Balaban J connectivity index is 1.68. The Morgan fingerprint density at radius 1 is 1.00 bits per heavy atom. The maximum atomic E-state index is 13.7. The van der Waals surface area contributed by atoms with E-state index in [2.05, 4.69) is 5.32 Å². The Morgan fingerprint density at radius 3 is 2.32 bits per heavy atom. The van der Waals surface area contributed by atoms with E-state index in [-0.39, 0.29) is 35.9 Å². The monoisotopic (exact) mass is 533 g/mol. The van der Waals surface area contributed by atoms with Crippen LogP contribution >= 0.6 is 0 Å². The van der Waals surface area contributed by atoms with Gasteiger partial charge in [0.1, 0.15) is 0 Å². The Labute approximate surface area is 228 Å². The van der Waals surface area contributed by atoms with Crippen LogP contribution in [0.1, 0.15) is 57.3 Å². The summed E-state index contributed by atoms with van der Waals surface area (Å²) >= 11 is 0. The number of nitrogens with zero attached hydrogens (tertiary/aromatic N) is 2. The number of hydrogen-bond acceptors (Lipinski definition) is 7. The van der Waals surface area contributed by atoms with Crippen molar-refractivity contribution in [2.75, 3.05) is 60.2 Å². The molecule has 0 unspecified atom stereocenters. The zero-order valence-corrected chi connectivity index (χ0v) is 24.0. The summed E-state index contributed by atoms with van der Waals surface area (Å²) in [4.78, 5) is 30.4. The molecule has 1 heterocycles. The number of hydrogen-bond donors (Lipinski definition) is 1. The van der Waals surface area contributed by atoms with Gasteiger partial charge in [0.15, 0.2) is 11.5 Å². The first-order valence-corrected chi connectivity index (χ1v) is 14.0. The molecule has 1 saturated carbocycles. The summed E-state index contributed by atoms with van der Waals surface area (Å²) in [6.07, 6.45) is 2.60. The molecular formula is C29H47N3O6. The topological polar surface area (TPSA) is 89.6 Å². The molecule has 9 nitrogen and oxygen atoms in total. The average molecular weight is 534 g/mol. The highest BCUT2D eigenvalue weighted by molar-refractivity contribution is 5.95. The summed E-state index contributed by atoms with van der Waals surface area (Å²) in [6, 6.07) is 5.65. The zero-order chi connectivity index (χ0) is 27.7. The summed E-state index contributed by atoms with van der Waals surface area (Å²) in [7, 11) is 3.25. The molecule has 1 aromatic carbocycles. The fourth-order valence-electron chi connectivity index (χ4n) is 4.80. The van der Waals surface area contributed by atoms with E-state index in [1.165, 1.54) is 0 Å². The number of amides is 2. The van der Waals surface area contributed by atoms with Crippen molar-refractivity contribution in [3.63, 3.8) is 0 Å². The maximum Gasteiger partial charge on any atom is 0.410 e. The normalized spacial score (nSPS) is 19.1. The van der Waals surface area contributed by atoms with Crippen molar-refractivity contribution in [3.05, 3.63) is 23.8 Å². The Kier molecular flexibility index (Phi) is 11.5. The van der Waals surface area contributed by atoms with Crippen molar-refractivity contribution >= 4 is 12.0 Å². The molecule has 9 heteroatoms. The number of ether oxygens (including phenoxy) is 4. The SMILES string of the molecule is COCCCOc1cc(C(=O)N(C[C@@H]2CNC[C@H]2CN(C(=O)OCC(C)C)C2CC2)C(C)C)ccc1OC. The highest BCUT2D eigenvalue weighted by Gasteiger charge is 2.39. The van der Waals surface area contributed by atoms with Gasteiger partial charge < -0.3 is 34.1 Å². The standard InChI is InChI=1S/C29H47N3O6/c1-20(2)19-38-29(34)32(25-9-10-25)18-24-16-30-15-23(24)17-31(21(3)4)28(33)22-8-11-26(36-6)27(14-22)37-13-7-12-35-5/h8,11,14,20-21,23-25,30H,7,9-10,12-13,15-19H2,1-6H3/t23-,24-/m0/s1. The fourth-order valence-corrected chi connectivity index (χ4v) is 4.80. The average Bonchev–Trinajstić information content (AvgIpc) is 3.64. The number of methoxy groups -OCH3 is 2. The molecule has 0 spiro atoms. The second-order valence-electron chi connectivity index (χ2n) is 11.1. The quantitative estimate of drug-likeness (QED) is 0.340. The van der Waals surface area contributed by atoms with E-state index in [1.54, 1.807) is 32.4 Å². The van der Waals surface area contributed by atoms with Gasteiger partial charge in [-0.15, -0.1) is 0 Å². The van der Waals surface area contributed by atoms with Gasteiger partial charge in [-0.1, -0.05) is 13.8 Å². The molecule has 1 N–H and O–H groups in total. The summed E-state index contributed by atoms with van der Waals surface area (Å²) in [5.74, 6) is 1.92. The van der Waals surface area contributed by atoms with Crippen molar-refractivity contribution < 1.29 is 28.5 Å². The van der Waals surface area contributed by atoms with Crippen LogP contribution in [-0.4, -0.2) is 94.1 Å². The first kappa shape index (κ1) is 30.0. The molecule has 0 aromatic heterocycles. The molecular weight excluding hydrogens is 486 g/mol. The third-order valence-electron chi connectivity index (χ3n) is 7.15. The van der Waals surface area contributed by atoms with Gasteiger partial charge in [0.25, 0.3) is 5.91 Å². The van der Waals surface area contributed by atoms with Crippen LogP contribution in [0.5, 0.6) is 11.5 Å². The molecule has 38 heavy (non-hydrogen) atoms. The lowest BCUT2D eigenvalue weighted by Gasteiger charge is -2.33. The fraction of sp³-hybridized carbons (Fsp3) is 0.724. The van der Waals surface area contributed by atoms with Gasteiger partial charge in [-0.25, -0.2) is 4.79 Å². The minimum atomic E-state index is -0.208. The van der Waals surface area contributed by atoms with Crippen molar-refractivity contribution in [2.24, 2.45) is 17.8 Å². The Bertz CT molecular complexity index is 904. The van der Waals surface area contributed by atoms with Crippen LogP contribution in [0.3, 0.4) is 0 Å². The van der Waals surface area contributed by atoms with Crippen molar-refractivity contribution in [1.29, 1.82) is 0 Å². The van der Waals surface area contributed by atoms with E-state index < -0.39 is 0 Å². The second kappa shape index (κ2) is 14.6. The predicted octanol–water partition coefficient (Wildman–Crippen LogP) is 4.05. The van der Waals surface area contributed by atoms with E-state index >= 15 is 0 Å². The first-order chi connectivity index (χ1) is 18.2. The lowest BCUT2D eigenvalue weighted by molar-refractivity contribution is 0.0623. The van der Waals surface area contributed by atoms with Crippen LogP contribution in [-0.2, 0) is 9.47 Å². The maximum absolute atomic E-state index is 13.7. The van der Waals surface area contributed by atoms with E-state index in [1.807, 2.05) is 37.5 Å². The molecule has 1 aromatic rings. The minimum absolute atomic E-state index is 0.0208. The highest BCUT2D eigenvalue weighted by Crippen LogP contribution is 2.32. The molecule has 1 saturated heterocycles. The van der Waals surface area contributed by atoms with Crippen LogP contribution in [0.2, 0.25) is 0 Å². The summed E-state index contributed by atoms with van der Waals surface area (Å²) in [5, 5.41) is 3.49. The van der Waals surface area contributed by atoms with Gasteiger partial charge in [0.2, 0.25) is 0 Å². The predicted molar refractivity (Wildman–Crippen MR) is 147 cm³/mol. The molecule has 214 valence electrons. The number of carbonyl (C=O) groups excluding carboxylic acids is 2. The van der Waals surface area contributed by atoms with Gasteiger partial charge in [-0.05, 0) is 62.6 Å². The van der Waals surface area contributed by atoms with Crippen LogP contribution in [0, 0.1) is 17.8 Å². The molecule has 2 atom stereocenters. The Morgan fingerprint density at radius 2 is 1.71 bits per heavy atom. The van der Waals surface area contributed by atoms with Gasteiger partial charge in [-0.3, -0.25) is 4.79 Å². The van der Waals surface area contributed by atoms with Crippen LogP contribution in [0.15, 0.2) is 18.2 Å². The van der Waals surface area contributed by atoms with Crippen LogP contribution in [0.4, 0.5) is 4.79 Å². The van der Waals surface area contributed by atoms with Crippen LogP contribution < -0.4 is 14.8 Å². The number of carbonyl (C=O) groups is 2. The van der Waals surface area contributed by atoms with Gasteiger partial charge in [-0.2, -0.15) is 0 Å². The minimum Gasteiger partial charge on any atom is -0.493 e. The number of rotatable bonds is 15. The summed E-state index contributed by atoms with van der Waals surface area (Å²) in [5.41, 5.74) is 0.570. The second-order valence-corrected chi connectivity index (χ2v) is 11.1. The number of benzene rings is 1. The molecule has 2 aliphatic rings. The van der Waals surface area contributed by atoms with Crippen molar-refractivity contribution in [2.45, 2.75) is 59.0 Å². The molecule has 0 radical (unpaired) electrons. The third-order valence-corrected chi connectivity index (χ3v) is 7.15. The molecule has 2 fully saturated rings. The largest absolute Gasteiger partial charge is 0.493 e. The lowest BCUT2D eigenvalue weighted by atomic mass is 9.94. The van der Waals surface area contributed by atoms with Crippen LogP contribution in [0.25, 0.3) is 0 Å². The third kappa shape index (κ3) is 8.50. The van der Waals surface area contributed by atoms with Crippen molar-refractivity contribution in [3.8, 4) is 11.5 Å². The molecule has 3 rings (SSSR count). The lowest BCUT2D eigenvalue weighted by Crippen LogP contribution is -2.45. The van der Waals surface area contributed by atoms with Gasteiger partial charge in [0.05, 0.1) is 20.3 Å². The number of nitrogens with one attached hydrogen (secondary N) is 1. The molecule has 0 bridgehead atoms. The van der Waals surface area contributed by atoms with E-state index in [0.29, 0.717) is 55.9 Å². The molecule has 1 aliphatic heterocycles. The molecule has 2 amide bonds. The smallest absolute Gasteiger partial charge is 0.410 e. The molecule has 1 aliphatic carbocycles. The summed E-state index contributed by atoms with van der Waals surface area (Å²) < 4.78 is 22.0. The van der Waals surface area contributed by atoms with Crippen molar-refractivity contribution in [1.82, 2.24) is 15.1 Å². The Hall–Kier alpha value is -2.52. The van der Waals surface area contributed by atoms with Gasteiger partial charge >= 0.3 is 6.09 Å². The summed E-state index contributed by atoms with van der Waals surface area (Å²) in [6.45, 7) is 12.6. The van der Waals surface area contributed by atoms with Gasteiger partial charge in [0, 0.05) is 64.0 Å². The van der Waals surface area contributed by atoms with E-state index in [0.717, 1.165) is 32.4 Å². The first-order valence-electron chi connectivity index (χ1n) is 14.0. The van der Waals surface area contributed by atoms with E-state index in [4.69, 9.17) is 18.9 Å². The highest BCUT2D eigenvalue weighted by atomic mass is 16.6.